The highest BCUT2D eigenvalue weighted by Gasteiger charge is 2.01. The first-order chi connectivity index (χ1) is 5.27. The largest absolute Gasteiger partial charge is 0.481 e. The molecule has 0 saturated heterocycles. The van der Waals surface area contributed by atoms with Crippen molar-refractivity contribution in [1.82, 2.24) is 4.98 Å². The molecule has 0 unspecified atom stereocenters. The maximum absolute atomic E-state index is 4.95. The van der Waals surface area contributed by atoms with E-state index in [4.69, 9.17) is 9.47 Å². The summed E-state index contributed by atoms with van der Waals surface area (Å²) in [7, 11) is 3.13. The zero-order valence-electron chi connectivity index (χ0n) is 6.30. The van der Waals surface area contributed by atoms with Gasteiger partial charge in [0.1, 0.15) is 0 Å². The second-order valence-corrected chi connectivity index (χ2v) is 2.70. The van der Waals surface area contributed by atoms with Gasteiger partial charge in [-0.25, -0.2) is 0 Å². The summed E-state index contributed by atoms with van der Waals surface area (Å²) in [6, 6.07) is 3.58. The zero-order chi connectivity index (χ0) is 8.27. The number of hydrogen-bond donors (Lipinski definition) is 0. The minimum atomic E-state index is 0.532. The van der Waals surface area contributed by atoms with Crippen LogP contribution in [-0.2, 0) is 0 Å². The Balaban J connectivity index is 3.02. The van der Waals surface area contributed by atoms with Gasteiger partial charge >= 0.3 is 0 Å². The molecule has 1 aromatic rings. The number of rotatable bonds is 2. The van der Waals surface area contributed by atoms with E-state index in [0.717, 1.165) is 4.47 Å². The van der Waals surface area contributed by atoms with Crippen LogP contribution in [0.4, 0.5) is 0 Å². The van der Waals surface area contributed by atoms with Crippen molar-refractivity contribution in [2.45, 2.75) is 0 Å². The Kier molecular flexibility index (Phi) is 2.70. The van der Waals surface area contributed by atoms with Gasteiger partial charge in [-0.1, -0.05) is 0 Å². The number of ether oxygens (including phenoxy) is 2. The quantitative estimate of drug-likeness (QED) is 0.759. The number of nitrogens with zero attached hydrogens (tertiary/aromatic N) is 1. The van der Waals surface area contributed by atoms with Crippen molar-refractivity contribution in [1.29, 1.82) is 0 Å². The van der Waals surface area contributed by atoms with Gasteiger partial charge in [0.25, 0.3) is 0 Å². The third kappa shape index (κ3) is 1.83. The lowest BCUT2D eigenvalue weighted by molar-refractivity contribution is 0.363. The smallest absolute Gasteiger partial charge is 0.231 e. The predicted molar refractivity (Wildman–Crippen MR) is 45.0 cm³/mol. The molecule has 0 N–H and O–H groups in total. The Bertz CT molecular complexity index is 252. The predicted octanol–water partition coefficient (Wildman–Crippen LogP) is 1.86. The van der Waals surface area contributed by atoms with Gasteiger partial charge in [-0.2, -0.15) is 4.98 Å². The molecule has 0 aliphatic carbocycles. The monoisotopic (exact) mass is 217 g/mol. The number of methoxy groups -OCH3 is 2. The molecular formula is C7H8BrNO2. The van der Waals surface area contributed by atoms with Crippen molar-refractivity contribution in [2.24, 2.45) is 0 Å². The van der Waals surface area contributed by atoms with Gasteiger partial charge in [0.15, 0.2) is 0 Å². The molecule has 0 aliphatic heterocycles. The third-order valence-electron chi connectivity index (χ3n) is 1.19. The van der Waals surface area contributed by atoms with E-state index in [0.29, 0.717) is 11.8 Å². The molecular weight excluding hydrogens is 210 g/mol. The standard InChI is InChI=1S/C7H8BrNO2/c1-10-6-4-3-5(8)7(9-6)11-2/h3-4H,1-2H3. The van der Waals surface area contributed by atoms with Crippen LogP contribution in [0, 0.1) is 0 Å². The Morgan fingerprint density at radius 1 is 1.27 bits per heavy atom. The summed E-state index contributed by atoms with van der Waals surface area (Å²) in [6.07, 6.45) is 0. The van der Waals surface area contributed by atoms with Crippen molar-refractivity contribution in [3.63, 3.8) is 0 Å². The first-order valence-corrected chi connectivity index (χ1v) is 3.81. The maximum Gasteiger partial charge on any atom is 0.231 e. The third-order valence-corrected chi connectivity index (χ3v) is 1.79. The molecule has 1 rings (SSSR count). The van der Waals surface area contributed by atoms with Crippen molar-refractivity contribution in [3.8, 4) is 11.8 Å². The molecule has 0 atom stereocenters. The Morgan fingerprint density at radius 3 is 2.55 bits per heavy atom. The minimum Gasteiger partial charge on any atom is -0.481 e. The van der Waals surface area contributed by atoms with Crippen molar-refractivity contribution in [2.75, 3.05) is 14.2 Å². The first kappa shape index (κ1) is 8.33. The fourth-order valence-corrected chi connectivity index (χ4v) is 1.05. The topological polar surface area (TPSA) is 31.4 Å². The van der Waals surface area contributed by atoms with Crippen LogP contribution in [0.2, 0.25) is 0 Å². The van der Waals surface area contributed by atoms with E-state index in [-0.39, 0.29) is 0 Å². The molecule has 0 aliphatic rings. The second kappa shape index (κ2) is 3.57. The van der Waals surface area contributed by atoms with E-state index in [9.17, 15) is 0 Å². The Labute approximate surface area is 73.5 Å². The molecule has 4 heteroatoms. The van der Waals surface area contributed by atoms with Crippen LogP contribution in [0.5, 0.6) is 11.8 Å². The molecule has 0 radical (unpaired) electrons. The van der Waals surface area contributed by atoms with Crippen LogP contribution in [0.25, 0.3) is 0 Å². The van der Waals surface area contributed by atoms with Crippen LogP contribution in [0.15, 0.2) is 16.6 Å². The number of hydrogen-bond acceptors (Lipinski definition) is 3. The first-order valence-electron chi connectivity index (χ1n) is 3.02. The summed E-state index contributed by atoms with van der Waals surface area (Å²) < 4.78 is 10.7. The van der Waals surface area contributed by atoms with Gasteiger partial charge in [0.05, 0.1) is 18.7 Å². The van der Waals surface area contributed by atoms with Gasteiger partial charge in [-0.05, 0) is 22.0 Å². The molecule has 1 heterocycles. The lowest BCUT2D eigenvalue weighted by Crippen LogP contribution is -1.92. The van der Waals surface area contributed by atoms with E-state index in [1.165, 1.54) is 0 Å². The maximum atomic E-state index is 4.95. The van der Waals surface area contributed by atoms with Crippen LogP contribution in [0.1, 0.15) is 0 Å². The van der Waals surface area contributed by atoms with Crippen molar-refractivity contribution >= 4 is 15.9 Å². The highest BCUT2D eigenvalue weighted by atomic mass is 79.9. The summed E-state index contributed by atoms with van der Waals surface area (Å²) in [6.45, 7) is 0. The highest BCUT2D eigenvalue weighted by molar-refractivity contribution is 9.10. The molecule has 0 saturated carbocycles. The molecule has 0 fully saturated rings. The average Bonchev–Trinajstić information content (AvgIpc) is 2.05. The van der Waals surface area contributed by atoms with Gasteiger partial charge in [-0.3, -0.25) is 0 Å². The fourth-order valence-electron chi connectivity index (χ4n) is 0.663. The fraction of sp³-hybridized carbons (Fsp3) is 0.286. The second-order valence-electron chi connectivity index (χ2n) is 1.84. The summed E-state index contributed by atoms with van der Waals surface area (Å²) in [5.41, 5.74) is 0. The SMILES string of the molecule is COc1ccc(Br)c(OC)n1. The Hall–Kier alpha value is -0.770. The van der Waals surface area contributed by atoms with Crippen LogP contribution in [-0.4, -0.2) is 19.2 Å². The van der Waals surface area contributed by atoms with E-state index >= 15 is 0 Å². The van der Waals surface area contributed by atoms with Crippen molar-refractivity contribution < 1.29 is 9.47 Å². The number of pyridine rings is 1. The normalized spacial score (nSPS) is 9.36. The van der Waals surface area contributed by atoms with E-state index in [1.54, 1.807) is 20.3 Å². The van der Waals surface area contributed by atoms with Gasteiger partial charge in [-0.15, -0.1) is 0 Å². The van der Waals surface area contributed by atoms with E-state index in [2.05, 4.69) is 20.9 Å². The number of aromatic nitrogens is 1. The minimum absolute atomic E-state index is 0.532. The average molecular weight is 218 g/mol. The molecule has 1 aromatic heterocycles. The molecule has 60 valence electrons. The summed E-state index contributed by atoms with van der Waals surface area (Å²) in [5, 5.41) is 0. The van der Waals surface area contributed by atoms with Gasteiger partial charge in [0, 0.05) is 6.07 Å². The zero-order valence-corrected chi connectivity index (χ0v) is 7.88. The molecule has 0 spiro atoms. The summed E-state index contributed by atoms with van der Waals surface area (Å²) in [5.74, 6) is 1.08. The Morgan fingerprint density at radius 2 is 2.00 bits per heavy atom. The van der Waals surface area contributed by atoms with Gasteiger partial charge < -0.3 is 9.47 Å². The molecule has 11 heavy (non-hydrogen) atoms. The van der Waals surface area contributed by atoms with Gasteiger partial charge in [0.2, 0.25) is 11.8 Å². The molecule has 0 amide bonds. The van der Waals surface area contributed by atoms with Crippen LogP contribution < -0.4 is 9.47 Å². The summed E-state index contributed by atoms with van der Waals surface area (Å²) in [4.78, 5) is 4.02. The van der Waals surface area contributed by atoms with Crippen molar-refractivity contribution in [3.05, 3.63) is 16.6 Å². The van der Waals surface area contributed by atoms with E-state index in [1.807, 2.05) is 6.07 Å². The summed E-state index contributed by atoms with van der Waals surface area (Å²) >= 11 is 3.28. The molecule has 0 bridgehead atoms. The van der Waals surface area contributed by atoms with E-state index < -0.39 is 0 Å². The number of halogens is 1. The lowest BCUT2D eigenvalue weighted by atomic mass is 10.5. The molecule has 3 nitrogen and oxygen atoms in total. The highest BCUT2D eigenvalue weighted by Crippen LogP contribution is 2.24. The molecule has 0 aromatic carbocycles. The lowest BCUT2D eigenvalue weighted by Gasteiger charge is -2.03. The van der Waals surface area contributed by atoms with Crippen LogP contribution in [0.3, 0.4) is 0 Å². The van der Waals surface area contributed by atoms with Crippen LogP contribution >= 0.6 is 15.9 Å².